The van der Waals surface area contributed by atoms with Gasteiger partial charge in [0.2, 0.25) is 0 Å². The SMILES string of the molecule is NC(CCCCNC(=O)c1cc(Cl)cc(Cl)c1)=NO. The molecule has 0 saturated heterocycles. The number of unbranched alkanes of at least 4 members (excludes halogenated alkanes) is 1. The summed E-state index contributed by atoms with van der Waals surface area (Å²) >= 11 is 11.6. The molecule has 0 unspecified atom stereocenters. The van der Waals surface area contributed by atoms with E-state index in [1.54, 1.807) is 18.2 Å². The highest BCUT2D eigenvalue weighted by Gasteiger charge is 2.07. The van der Waals surface area contributed by atoms with Crippen molar-refractivity contribution >= 4 is 34.9 Å². The highest BCUT2D eigenvalue weighted by Crippen LogP contribution is 2.18. The first-order chi connectivity index (χ1) is 9.02. The number of nitrogens with two attached hydrogens (primary N) is 1. The molecule has 0 aromatic heterocycles. The smallest absolute Gasteiger partial charge is 0.251 e. The molecule has 5 nitrogen and oxygen atoms in total. The van der Waals surface area contributed by atoms with Crippen LogP contribution in [0.5, 0.6) is 0 Å². The number of amides is 1. The van der Waals surface area contributed by atoms with Gasteiger partial charge in [-0.1, -0.05) is 28.4 Å². The molecule has 0 bridgehead atoms. The number of rotatable bonds is 6. The van der Waals surface area contributed by atoms with E-state index in [2.05, 4.69) is 10.5 Å². The Labute approximate surface area is 121 Å². The second kappa shape index (κ2) is 7.86. The summed E-state index contributed by atoms with van der Waals surface area (Å²) in [5, 5.41) is 14.8. The second-order valence-corrected chi connectivity index (χ2v) is 4.84. The first-order valence-corrected chi connectivity index (χ1v) is 6.49. The summed E-state index contributed by atoms with van der Waals surface area (Å²) in [6.07, 6.45) is 1.96. The predicted molar refractivity (Wildman–Crippen MR) is 76.1 cm³/mol. The molecule has 1 amide bonds. The van der Waals surface area contributed by atoms with Gasteiger partial charge in [-0.2, -0.15) is 0 Å². The Morgan fingerprint density at radius 2 is 1.89 bits per heavy atom. The molecule has 0 saturated carbocycles. The minimum atomic E-state index is -0.229. The van der Waals surface area contributed by atoms with Crippen molar-refractivity contribution in [2.45, 2.75) is 19.3 Å². The Morgan fingerprint density at radius 3 is 2.47 bits per heavy atom. The molecule has 1 aromatic carbocycles. The summed E-state index contributed by atoms with van der Waals surface area (Å²) in [5.74, 6) is -0.0406. The molecular formula is C12H15Cl2N3O2. The number of nitrogens with one attached hydrogen (secondary N) is 1. The van der Waals surface area contributed by atoms with Gasteiger partial charge in [0, 0.05) is 28.6 Å². The van der Waals surface area contributed by atoms with Gasteiger partial charge >= 0.3 is 0 Å². The fourth-order valence-electron chi connectivity index (χ4n) is 1.47. The van der Waals surface area contributed by atoms with Crippen LogP contribution < -0.4 is 11.1 Å². The van der Waals surface area contributed by atoms with E-state index in [0.29, 0.717) is 28.6 Å². The van der Waals surface area contributed by atoms with Crippen molar-refractivity contribution in [1.29, 1.82) is 0 Å². The van der Waals surface area contributed by atoms with Crippen LogP contribution in [0.3, 0.4) is 0 Å². The van der Waals surface area contributed by atoms with Crippen molar-refractivity contribution in [2.24, 2.45) is 10.9 Å². The van der Waals surface area contributed by atoms with Crippen LogP contribution >= 0.6 is 23.2 Å². The maximum Gasteiger partial charge on any atom is 0.251 e. The minimum absolute atomic E-state index is 0.188. The maximum atomic E-state index is 11.8. The lowest BCUT2D eigenvalue weighted by molar-refractivity contribution is 0.0953. The van der Waals surface area contributed by atoms with Crippen LogP contribution in [0, 0.1) is 0 Å². The third kappa shape index (κ3) is 5.81. The summed E-state index contributed by atoms with van der Waals surface area (Å²) in [6.45, 7) is 0.502. The molecule has 4 N–H and O–H groups in total. The molecule has 0 aliphatic heterocycles. The van der Waals surface area contributed by atoms with Gasteiger partial charge in [-0.05, 0) is 31.0 Å². The molecule has 1 aromatic rings. The lowest BCUT2D eigenvalue weighted by Gasteiger charge is -2.06. The first-order valence-electron chi connectivity index (χ1n) is 5.73. The molecular weight excluding hydrogens is 289 g/mol. The van der Waals surface area contributed by atoms with Gasteiger partial charge < -0.3 is 16.3 Å². The third-order valence-corrected chi connectivity index (χ3v) is 2.83. The zero-order valence-electron chi connectivity index (χ0n) is 10.2. The molecule has 1 rings (SSSR count). The summed E-state index contributed by atoms with van der Waals surface area (Å²) in [7, 11) is 0. The quantitative estimate of drug-likeness (QED) is 0.248. The van der Waals surface area contributed by atoms with Crippen LogP contribution in [0.25, 0.3) is 0 Å². The second-order valence-electron chi connectivity index (χ2n) is 3.96. The van der Waals surface area contributed by atoms with E-state index in [9.17, 15) is 4.79 Å². The van der Waals surface area contributed by atoms with Crippen molar-refractivity contribution in [3.05, 3.63) is 33.8 Å². The van der Waals surface area contributed by atoms with Gasteiger partial charge in [0.05, 0.1) is 0 Å². The van der Waals surface area contributed by atoms with Crippen LogP contribution in [-0.4, -0.2) is 23.5 Å². The maximum absolute atomic E-state index is 11.8. The zero-order chi connectivity index (χ0) is 14.3. The van der Waals surface area contributed by atoms with Crippen molar-refractivity contribution in [2.75, 3.05) is 6.54 Å². The van der Waals surface area contributed by atoms with Crippen molar-refractivity contribution in [3.8, 4) is 0 Å². The fourth-order valence-corrected chi connectivity index (χ4v) is 2.00. The number of halogens is 2. The number of carbonyl (C=O) groups is 1. The molecule has 0 fully saturated rings. The average molecular weight is 304 g/mol. The normalized spacial score (nSPS) is 11.4. The van der Waals surface area contributed by atoms with E-state index >= 15 is 0 Å². The number of amidine groups is 1. The van der Waals surface area contributed by atoms with Gasteiger partial charge in [-0.25, -0.2) is 0 Å². The van der Waals surface area contributed by atoms with Crippen LogP contribution in [0.15, 0.2) is 23.4 Å². The third-order valence-electron chi connectivity index (χ3n) is 2.40. The summed E-state index contributed by atoms with van der Waals surface area (Å²) in [5.41, 5.74) is 5.75. The molecule has 0 radical (unpaired) electrons. The highest BCUT2D eigenvalue weighted by molar-refractivity contribution is 6.35. The number of hydrogen-bond acceptors (Lipinski definition) is 3. The van der Waals surface area contributed by atoms with Crippen LogP contribution in [0.1, 0.15) is 29.6 Å². The standard InChI is InChI=1S/C12H15Cl2N3O2/c13-9-5-8(6-10(14)7-9)12(18)16-4-2-1-3-11(15)17-19/h5-7,19H,1-4H2,(H2,15,17)(H,16,18). The van der Waals surface area contributed by atoms with Gasteiger partial charge in [0.25, 0.3) is 5.91 Å². The van der Waals surface area contributed by atoms with Crippen LogP contribution in [-0.2, 0) is 0 Å². The van der Waals surface area contributed by atoms with Gasteiger partial charge in [0.1, 0.15) is 5.84 Å². The lowest BCUT2D eigenvalue weighted by atomic mass is 10.2. The van der Waals surface area contributed by atoms with E-state index in [1.807, 2.05) is 0 Å². The lowest BCUT2D eigenvalue weighted by Crippen LogP contribution is -2.24. The monoisotopic (exact) mass is 303 g/mol. The van der Waals surface area contributed by atoms with Crippen LogP contribution in [0.2, 0.25) is 10.0 Å². The van der Waals surface area contributed by atoms with E-state index in [1.165, 1.54) is 0 Å². The molecule has 0 atom stereocenters. The Morgan fingerprint density at radius 1 is 1.26 bits per heavy atom. The molecule has 0 heterocycles. The molecule has 19 heavy (non-hydrogen) atoms. The number of carbonyl (C=O) groups excluding carboxylic acids is 1. The van der Waals surface area contributed by atoms with Gasteiger partial charge in [-0.3, -0.25) is 4.79 Å². The number of nitrogens with zero attached hydrogens (tertiary/aromatic N) is 1. The van der Waals surface area contributed by atoms with Gasteiger partial charge in [0.15, 0.2) is 0 Å². The van der Waals surface area contributed by atoms with E-state index in [4.69, 9.17) is 34.1 Å². The molecule has 104 valence electrons. The number of hydrogen-bond donors (Lipinski definition) is 3. The van der Waals surface area contributed by atoms with Crippen LogP contribution in [0.4, 0.5) is 0 Å². The van der Waals surface area contributed by atoms with Crippen molar-refractivity contribution < 1.29 is 10.0 Å². The fraction of sp³-hybridized carbons (Fsp3) is 0.333. The summed E-state index contributed by atoms with van der Waals surface area (Å²) in [6, 6.07) is 4.68. The predicted octanol–water partition coefficient (Wildman–Crippen LogP) is 2.64. The zero-order valence-corrected chi connectivity index (χ0v) is 11.7. The van der Waals surface area contributed by atoms with Crippen molar-refractivity contribution in [1.82, 2.24) is 5.32 Å². The Bertz CT molecular complexity index is 458. The van der Waals surface area contributed by atoms with E-state index in [0.717, 1.165) is 12.8 Å². The van der Waals surface area contributed by atoms with E-state index in [-0.39, 0.29) is 11.7 Å². The summed E-state index contributed by atoms with van der Waals surface area (Å²) < 4.78 is 0. The average Bonchev–Trinajstić information content (AvgIpc) is 2.36. The Balaban J connectivity index is 2.35. The topological polar surface area (TPSA) is 87.7 Å². The molecule has 0 aliphatic carbocycles. The Kier molecular flexibility index (Phi) is 6.45. The summed E-state index contributed by atoms with van der Waals surface area (Å²) in [4.78, 5) is 11.8. The largest absolute Gasteiger partial charge is 0.409 e. The Hall–Kier alpha value is -1.46. The molecule has 7 heteroatoms. The minimum Gasteiger partial charge on any atom is -0.409 e. The number of oxime groups is 1. The molecule has 0 aliphatic rings. The number of benzene rings is 1. The first kappa shape index (κ1) is 15.6. The van der Waals surface area contributed by atoms with Gasteiger partial charge in [-0.15, -0.1) is 0 Å². The van der Waals surface area contributed by atoms with E-state index < -0.39 is 0 Å². The highest BCUT2D eigenvalue weighted by atomic mass is 35.5. The molecule has 0 spiro atoms. The van der Waals surface area contributed by atoms with Crippen molar-refractivity contribution in [3.63, 3.8) is 0 Å².